The number of aromatic nitrogens is 3. The lowest BCUT2D eigenvalue weighted by Gasteiger charge is -2.12. The molecule has 0 aliphatic rings. The van der Waals surface area contributed by atoms with E-state index in [0.717, 1.165) is 5.39 Å². The largest absolute Gasteiger partial charge is 0.492 e. The second kappa shape index (κ2) is 7.88. The summed E-state index contributed by atoms with van der Waals surface area (Å²) in [6.45, 7) is 0.285. The Labute approximate surface area is 148 Å². The van der Waals surface area contributed by atoms with E-state index in [9.17, 15) is 9.59 Å². The van der Waals surface area contributed by atoms with Gasteiger partial charge in [-0.3, -0.25) is 9.78 Å². The number of pyridine rings is 1. The molecule has 9 nitrogen and oxygen atoms in total. The normalized spacial score (nSPS) is 10.3. The third-order valence-electron chi connectivity index (χ3n) is 3.34. The van der Waals surface area contributed by atoms with Crippen LogP contribution in [0.5, 0.6) is 5.75 Å². The van der Waals surface area contributed by atoms with Crippen LogP contribution in [0, 0.1) is 0 Å². The van der Waals surface area contributed by atoms with Gasteiger partial charge in [0.15, 0.2) is 0 Å². The molecule has 0 saturated carbocycles. The average Bonchev–Trinajstić information content (AvgIpc) is 2.66. The van der Waals surface area contributed by atoms with Crippen LogP contribution >= 0.6 is 0 Å². The number of benzene rings is 1. The van der Waals surface area contributed by atoms with E-state index >= 15 is 0 Å². The fourth-order valence-electron chi connectivity index (χ4n) is 2.26. The molecular formula is C17H15N5O4. The minimum atomic E-state index is -1.12. The first-order valence-electron chi connectivity index (χ1n) is 7.70. The van der Waals surface area contributed by atoms with Gasteiger partial charge in [-0.05, 0) is 18.2 Å². The summed E-state index contributed by atoms with van der Waals surface area (Å²) in [5.41, 5.74) is 1.04. The molecule has 0 atom stereocenters. The number of rotatable bonds is 6. The number of carboxylic acid groups (broad SMARTS) is 1. The summed E-state index contributed by atoms with van der Waals surface area (Å²) in [5, 5.41) is 14.3. The van der Waals surface area contributed by atoms with Crippen molar-refractivity contribution in [2.45, 2.75) is 0 Å². The number of carbonyl (C=O) groups excluding carboxylic acids is 1. The van der Waals surface area contributed by atoms with Crippen LogP contribution in [0.4, 0.5) is 10.5 Å². The highest BCUT2D eigenvalue weighted by Crippen LogP contribution is 2.28. The maximum Gasteiger partial charge on any atom is 0.404 e. The van der Waals surface area contributed by atoms with Gasteiger partial charge in [0.1, 0.15) is 12.4 Å². The van der Waals surface area contributed by atoms with Gasteiger partial charge in [0.25, 0.3) is 5.91 Å². The van der Waals surface area contributed by atoms with E-state index in [4.69, 9.17) is 9.84 Å². The standard InChI is InChI=1S/C17H15N5O4/c23-16(15-19-5-2-6-20-15)22-13-10-12(26-8-7-21-17(24)25)9-11-3-1-4-18-14(11)13/h1-6,9-10,21H,7-8H2,(H,22,23)(H,24,25). The Morgan fingerprint density at radius 1 is 1.08 bits per heavy atom. The molecule has 2 aromatic heterocycles. The Kier molecular flexibility index (Phi) is 5.18. The molecule has 0 spiro atoms. The van der Waals surface area contributed by atoms with Gasteiger partial charge < -0.3 is 20.5 Å². The SMILES string of the molecule is O=C(O)NCCOc1cc(NC(=O)c2ncccn2)c2ncccc2c1. The molecule has 0 aliphatic heterocycles. The maximum atomic E-state index is 12.3. The summed E-state index contributed by atoms with van der Waals surface area (Å²) in [6.07, 6.45) is 3.46. The molecule has 0 radical (unpaired) electrons. The smallest absolute Gasteiger partial charge is 0.404 e. The average molecular weight is 353 g/mol. The van der Waals surface area contributed by atoms with Crippen LogP contribution in [-0.2, 0) is 0 Å². The summed E-state index contributed by atoms with van der Waals surface area (Å²) in [4.78, 5) is 34.9. The molecule has 0 aliphatic carbocycles. The van der Waals surface area contributed by atoms with E-state index in [-0.39, 0.29) is 19.0 Å². The van der Waals surface area contributed by atoms with Gasteiger partial charge >= 0.3 is 6.09 Å². The number of nitrogens with one attached hydrogen (secondary N) is 2. The molecule has 1 aromatic carbocycles. The first-order valence-corrected chi connectivity index (χ1v) is 7.70. The zero-order valence-corrected chi connectivity index (χ0v) is 13.5. The van der Waals surface area contributed by atoms with Gasteiger partial charge in [-0.25, -0.2) is 14.8 Å². The molecule has 2 amide bonds. The number of fused-ring (bicyclic) bond motifs is 1. The summed E-state index contributed by atoms with van der Waals surface area (Å²) in [7, 11) is 0. The molecular weight excluding hydrogens is 338 g/mol. The molecule has 132 valence electrons. The summed E-state index contributed by atoms with van der Waals surface area (Å²) < 4.78 is 5.56. The van der Waals surface area contributed by atoms with E-state index in [1.165, 1.54) is 12.4 Å². The highest BCUT2D eigenvalue weighted by atomic mass is 16.5. The Morgan fingerprint density at radius 3 is 2.62 bits per heavy atom. The zero-order valence-electron chi connectivity index (χ0n) is 13.5. The fourth-order valence-corrected chi connectivity index (χ4v) is 2.26. The Balaban J connectivity index is 1.83. The van der Waals surface area contributed by atoms with Crippen molar-refractivity contribution >= 4 is 28.6 Å². The van der Waals surface area contributed by atoms with Gasteiger partial charge in [0, 0.05) is 30.0 Å². The van der Waals surface area contributed by atoms with Gasteiger partial charge in [-0.2, -0.15) is 0 Å². The van der Waals surface area contributed by atoms with Crippen molar-refractivity contribution in [3.05, 3.63) is 54.7 Å². The lowest BCUT2D eigenvalue weighted by atomic mass is 10.1. The number of ether oxygens (including phenoxy) is 1. The van der Waals surface area contributed by atoms with Crippen molar-refractivity contribution in [1.29, 1.82) is 0 Å². The Hall–Kier alpha value is -3.75. The van der Waals surface area contributed by atoms with Gasteiger partial charge in [0.05, 0.1) is 17.7 Å². The molecule has 0 bridgehead atoms. The first-order chi connectivity index (χ1) is 12.6. The monoisotopic (exact) mass is 353 g/mol. The van der Waals surface area contributed by atoms with Crippen LogP contribution < -0.4 is 15.4 Å². The van der Waals surface area contributed by atoms with Crippen molar-refractivity contribution in [2.75, 3.05) is 18.5 Å². The van der Waals surface area contributed by atoms with Crippen molar-refractivity contribution in [2.24, 2.45) is 0 Å². The van der Waals surface area contributed by atoms with E-state index in [1.807, 2.05) is 6.07 Å². The van der Waals surface area contributed by atoms with E-state index in [1.54, 1.807) is 30.5 Å². The van der Waals surface area contributed by atoms with Crippen molar-refractivity contribution in [3.63, 3.8) is 0 Å². The number of amides is 2. The minimum absolute atomic E-state index is 0.0357. The van der Waals surface area contributed by atoms with Crippen molar-refractivity contribution in [3.8, 4) is 5.75 Å². The third kappa shape index (κ3) is 4.20. The molecule has 3 N–H and O–H groups in total. The van der Waals surface area contributed by atoms with Crippen molar-refractivity contribution < 1.29 is 19.4 Å². The summed E-state index contributed by atoms with van der Waals surface area (Å²) >= 11 is 0. The zero-order chi connectivity index (χ0) is 18.4. The predicted molar refractivity (Wildman–Crippen MR) is 93.3 cm³/mol. The predicted octanol–water partition coefficient (Wildman–Crippen LogP) is 1.92. The van der Waals surface area contributed by atoms with E-state index in [2.05, 4.69) is 25.6 Å². The molecule has 3 rings (SSSR count). The summed E-state index contributed by atoms with van der Waals surface area (Å²) in [5.74, 6) is 0.0396. The summed E-state index contributed by atoms with van der Waals surface area (Å²) in [6, 6.07) is 8.60. The molecule has 0 fully saturated rings. The second-order valence-electron chi connectivity index (χ2n) is 5.15. The topological polar surface area (TPSA) is 126 Å². The van der Waals surface area contributed by atoms with Crippen LogP contribution in [0.2, 0.25) is 0 Å². The fraction of sp³-hybridized carbons (Fsp3) is 0.118. The molecule has 3 aromatic rings. The van der Waals surface area contributed by atoms with E-state index in [0.29, 0.717) is 17.0 Å². The first kappa shape index (κ1) is 17.1. The van der Waals surface area contributed by atoms with Crippen LogP contribution in [0.25, 0.3) is 10.9 Å². The quantitative estimate of drug-likeness (QED) is 0.578. The highest BCUT2D eigenvalue weighted by molar-refractivity contribution is 6.06. The number of anilines is 1. The molecule has 9 heteroatoms. The van der Waals surface area contributed by atoms with Gasteiger partial charge in [-0.15, -0.1) is 0 Å². The maximum absolute atomic E-state index is 12.3. The molecule has 26 heavy (non-hydrogen) atoms. The number of carbonyl (C=O) groups is 2. The van der Waals surface area contributed by atoms with Gasteiger partial charge in [-0.1, -0.05) is 6.07 Å². The lowest BCUT2D eigenvalue weighted by Crippen LogP contribution is -2.26. The highest BCUT2D eigenvalue weighted by Gasteiger charge is 2.13. The number of nitrogens with zero attached hydrogens (tertiary/aromatic N) is 3. The van der Waals surface area contributed by atoms with Crippen LogP contribution in [0.3, 0.4) is 0 Å². The lowest BCUT2D eigenvalue weighted by molar-refractivity contribution is 0.101. The van der Waals surface area contributed by atoms with Crippen LogP contribution in [0.15, 0.2) is 48.9 Å². The second-order valence-corrected chi connectivity index (χ2v) is 5.15. The van der Waals surface area contributed by atoms with Crippen molar-refractivity contribution in [1.82, 2.24) is 20.3 Å². The molecule has 2 heterocycles. The van der Waals surface area contributed by atoms with E-state index < -0.39 is 12.0 Å². The molecule has 0 saturated heterocycles. The van der Waals surface area contributed by atoms with Gasteiger partial charge in [0.2, 0.25) is 5.82 Å². The molecule has 0 unspecified atom stereocenters. The van der Waals surface area contributed by atoms with Crippen LogP contribution in [-0.4, -0.2) is 45.2 Å². The number of hydrogen-bond acceptors (Lipinski definition) is 6. The minimum Gasteiger partial charge on any atom is -0.492 e. The number of hydrogen-bond donors (Lipinski definition) is 3. The van der Waals surface area contributed by atoms with Crippen LogP contribution in [0.1, 0.15) is 10.6 Å². The third-order valence-corrected chi connectivity index (χ3v) is 3.34. The Bertz CT molecular complexity index is 933. The Morgan fingerprint density at radius 2 is 1.85 bits per heavy atom.